The number of phenolic OH excluding ortho intramolecular Hbond substituents is 1. The molecule has 7 heteroatoms. The van der Waals surface area contributed by atoms with Crippen LogP contribution in [0.2, 0.25) is 0 Å². The van der Waals surface area contributed by atoms with E-state index in [2.05, 4.69) is 54.0 Å². The molecule has 2 amide bonds. The Morgan fingerprint density at radius 1 is 0.938 bits per heavy atom. The number of hydrogen-bond donors (Lipinski definition) is 3. The van der Waals surface area contributed by atoms with E-state index in [4.69, 9.17) is 4.74 Å². The molecule has 0 saturated heterocycles. The Labute approximate surface area is 201 Å². The number of halogens is 1. The van der Waals surface area contributed by atoms with Crippen LogP contribution in [0.25, 0.3) is 0 Å². The highest BCUT2D eigenvalue weighted by Gasteiger charge is 2.15. The van der Waals surface area contributed by atoms with Crippen LogP contribution in [0.3, 0.4) is 0 Å². The maximum Gasteiger partial charge on any atom is 0.262 e. The van der Waals surface area contributed by atoms with Crippen LogP contribution in [0.1, 0.15) is 36.7 Å². The van der Waals surface area contributed by atoms with Gasteiger partial charge in [-0.3, -0.25) is 9.59 Å². The molecule has 0 bridgehead atoms. The van der Waals surface area contributed by atoms with Crippen LogP contribution in [0.15, 0.2) is 66.7 Å². The van der Waals surface area contributed by atoms with Gasteiger partial charge in [0, 0.05) is 20.9 Å². The monoisotopic (exact) mass is 544 g/mol. The van der Waals surface area contributed by atoms with Gasteiger partial charge in [0.15, 0.2) is 6.61 Å². The molecule has 0 heterocycles. The second-order valence-corrected chi connectivity index (χ2v) is 9.55. The minimum atomic E-state index is -0.362. The molecule has 3 rings (SSSR count). The van der Waals surface area contributed by atoms with Crippen LogP contribution in [0.5, 0.6) is 11.5 Å². The molecular weight excluding hydrogens is 519 g/mol. The van der Waals surface area contributed by atoms with Crippen molar-refractivity contribution in [1.82, 2.24) is 0 Å². The number of aromatic hydroxyl groups is 1. The van der Waals surface area contributed by atoms with Gasteiger partial charge < -0.3 is 20.5 Å². The first-order chi connectivity index (χ1) is 15.1. The van der Waals surface area contributed by atoms with Gasteiger partial charge in [-0.05, 0) is 82.1 Å². The van der Waals surface area contributed by atoms with E-state index in [0.717, 1.165) is 9.13 Å². The SMILES string of the molecule is CC(C)(C)c1ccc(C(=O)Nc2ccc(NC(=O)COc3ccc(I)cc3)cc2O)cc1. The van der Waals surface area contributed by atoms with Crippen molar-refractivity contribution in [2.24, 2.45) is 0 Å². The fourth-order valence-electron chi connectivity index (χ4n) is 2.91. The molecule has 0 saturated carbocycles. The highest BCUT2D eigenvalue weighted by Crippen LogP contribution is 2.28. The maximum atomic E-state index is 12.5. The number of phenols is 1. The average Bonchev–Trinajstić information content (AvgIpc) is 2.74. The molecule has 32 heavy (non-hydrogen) atoms. The lowest BCUT2D eigenvalue weighted by molar-refractivity contribution is -0.118. The first-order valence-corrected chi connectivity index (χ1v) is 11.1. The first-order valence-electron chi connectivity index (χ1n) is 10.0. The summed E-state index contributed by atoms with van der Waals surface area (Å²) in [7, 11) is 0. The summed E-state index contributed by atoms with van der Waals surface area (Å²) >= 11 is 2.19. The predicted molar refractivity (Wildman–Crippen MR) is 134 cm³/mol. The summed E-state index contributed by atoms with van der Waals surface area (Å²) in [5.74, 6) is -0.250. The van der Waals surface area contributed by atoms with E-state index >= 15 is 0 Å². The Hall–Kier alpha value is -3.07. The summed E-state index contributed by atoms with van der Waals surface area (Å²) in [5.41, 5.74) is 2.26. The van der Waals surface area contributed by atoms with E-state index in [9.17, 15) is 14.7 Å². The predicted octanol–water partition coefficient (Wildman–Crippen LogP) is 5.56. The number of carbonyl (C=O) groups is 2. The Kier molecular flexibility index (Phi) is 7.40. The Morgan fingerprint density at radius 2 is 1.59 bits per heavy atom. The van der Waals surface area contributed by atoms with Crippen molar-refractivity contribution >= 4 is 45.8 Å². The fraction of sp³-hybridized carbons (Fsp3) is 0.200. The van der Waals surface area contributed by atoms with E-state index in [-0.39, 0.29) is 35.3 Å². The molecule has 0 radical (unpaired) electrons. The second-order valence-electron chi connectivity index (χ2n) is 8.30. The molecule has 3 aromatic carbocycles. The zero-order chi connectivity index (χ0) is 23.3. The fourth-order valence-corrected chi connectivity index (χ4v) is 3.27. The first kappa shape index (κ1) is 23.6. The Balaban J connectivity index is 1.57. The smallest absolute Gasteiger partial charge is 0.262 e. The van der Waals surface area contributed by atoms with Crippen molar-refractivity contribution in [3.63, 3.8) is 0 Å². The van der Waals surface area contributed by atoms with Crippen molar-refractivity contribution in [3.8, 4) is 11.5 Å². The molecule has 0 unspecified atom stereocenters. The third-order valence-electron chi connectivity index (χ3n) is 4.73. The summed E-state index contributed by atoms with van der Waals surface area (Å²) < 4.78 is 6.52. The lowest BCUT2D eigenvalue weighted by Crippen LogP contribution is -2.20. The van der Waals surface area contributed by atoms with Crippen LogP contribution < -0.4 is 15.4 Å². The van der Waals surface area contributed by atoms with E-state index in [0.29, 0.717) is 17.0 Å². The lowest BCUT2D eigenvalue weighted by atomic mass is 9.87. The van der Waals surface area contributed by atoms with Gasteiger partial charge in [0.05, 0.1) is 5.69 Å². The molecule has 0 aromatic heterocycles. The van der Waals surface area contributed by atoms with Crippen LogP contribution in [-0.2, 0) is 10.2 Å². The molecule has 0 fully saturated rings. The van der Waals surface area contributed by atoms with Crippen LogP contribution in [0, 0.1) is 3.57 Å². The van der Waals surface area contributed by atoms with Gasteiger partial charge in [0.1, 0.15) is 11.5 Å². The Bertz CT molecular complexity index is 1100. The van der Waals surface area contributed by atoms with Crippen molar-refractivity contribution in [2.75, 3.05) is 17.2 Å². The molecular formula is C25H25IN2O4. The number of anilines is 2. The van der Waals surface area contributed by atoms with Gasteiger partial charge in [-0.15, -0.1) is 0 Å². The normalized spacial score (nSPS) is 11.0. The number of nitrogens with one attached hydrogen (secondary N) is 2. The quantitative estimate of drug-likeness (QED) is 0.280. The van der Waals surface area contributed by atoms with Crippen LogP contribution >= 0.6 is 22.6 Å². The van der Waals surface area contributed by atoms with Crippen molar-refractivity contribution < 1.29 is 19.4 Å². The van der Waals surface area contributed by atoms with E-state index in [1.807, 2.05) is 24.3 Å². The molecule has 0 aliphatic heterocycles. The highest BCUT2D eigenvalue weighted by molar-refractivity contribution is 14.1. The summed E-state index contributed by atoms with van der Waals surface area (Å²) in [6, 6.07) is 19.2. The summed E-state index contributed by atoms with van der Waals surface area (Å²) in [6.45, 7) is 6.16. The molecule has 3 aromatic rings. The lowest BCUT2D eigenvalue weighted by Gasteiger charge is -2.19. The minimum absolute atomic E-state index is 0.00157. The summed E-state index contributed by atoms with van der Waals surface area (Å²) in [4.78, 5) is 24.6. The molecule has 0 atom stereocenters. The number of ether oxygens (including phenoxy) is 1. The molecule has 3 N–H and O–H groups in total. The number of carbonyl (C=O) groups excluding carboxylic acids is 2. The second kappa shape index (κ2) is 10.0. The number of benzene rings is 3. The summed E-state index contributed by atoms with van der Waals surface area (Å²) in [5, 5.41) is 15.6. The van der Waals surface area contributed by atoms with Gasteiger partial charge in [-0.1, -0.05) is 32.9 Å². The third-order valence-corrected chi connectivity index (χ3v) is 5.45. The van der Waals surface area contributed by atoms with Gasteiger partial charge in [-0.25, -0.2) is 0 Å². The van der Waals surface area contributed by atoms with Crippen molar-refractivity contribution in [2.45, 2.75) is 26.2 Å². The third kappa shape index (κ3) is 6.46. The molecule has 6 nitrogen and oxygen atoms in total. The molecule has 166 valence electrons. The van der Waals surface area contributed by atoms with Crippen LogP contribution in [-0.4, -0.2) is 23.5 Å². The molecule has 0 aliphatic rings. The Morgan fingerprint density at radius 3 is 2.19 bits per heavy atom. The largest absolute Gasteiger partial charge is 0.506 e. The minimum Gasteiger partial charge on any atom is -0.506 e. The number of rotatable bonds is 6. The standard InChI is InChI=1S/C25H25IN2O4/c1-25(2,3)17-6-4-16(5-7-17)24(31)28-21-13-10-19(14-22(21)29)27-23(30)15-32-20-11-8-18(26)9-12-20/h4-14,29H,15H2,1-3H3,(H,27,30)(H,28,31). The van der Waals surface area contributed by atoms with E-state index in [1.54, 1.807) is 30.3 Å². The zero-order valence-corrected chi connectivity index (χ0v) is 20.3. The topological polar surface area (TPSA) is 87.7 Å². The molecule has 0 aliphatic carbocycles. The van der Waals surface area contributed by atoms with Gasteiger partial charge in [0.25, 0.3) is 11.8 Å². The maximum absolute atomic E-state index is 12.5. The van der Waals surface area contributed by atoms with E-state index in [1.165, 1.54) is 12.1 Å². The average molecular weight is 544 g/mol. The van der Waals surface area contributed by atoms with Crippen LogP contribution in [0.4, 0.5) is 11.4 Å². The van der Waals surface area contributed by atoms with Crippen molar-refractivity contribution in [3.05, 3.63) is 81.4 Å². The molecule has 0 spiro atoms. The number of hydrogen-bond acceptors (Lipinski definition) is 4. The van der Waals surface area contributed by atoms with Crippen molar-refractivity contribution in [1.29, 1.82) is 0 Å². The van der Waals surface area contributed by atoms with Gasteiger partial charge in [-0.2, -0.15) is 0 Å². The zero-order valence-electron chi connectivity index (χ0n) is 18.1. The highest BCUT2D eigenvalue weighted by atomic mass is 127. The summed E-state index contributed by atoms with van der Waals surface area (Å²) in [6.07, 6.45) is 0. The van der Waals surface area contributed by atoms with Gasteiger partial charge >= 0.3 is 0 Å². The number of amides is 2. The van der Waals surface area contributed by atoms with E-state index < -0.39 is 0 Å². The van der Waals surface area contributed by atoms with Gasteiger partial charge in [0.2, 0.25) is 0 Å².